The topological polar surface area (TPSA) is 71.8 Å². The summed E-state index contributed by atoms with van der Waals surface area (Å²) in [6.07, 6.45) is 3.01. The van der Waals surface area contributed by atoms with Crippen LogP contribution in [0.3, 0.4) is 0 Å². The molecule has 0 aliphatic heterocycles. The van der Waals surface area contributed by atoms with E-state index in [0.29, 0.717) is 16.4 Å². The molecule has 0 saturated heterocycles. The molecular formula is C22H20ClN5O. The second-order valence-electron chi connectivity index (χ2n) is 6.76. The average molecular weight is 406 g/mol. The van der Waals surface area contributed by atoms with Gasteiger partial charge in [-0.05, 0) is 47.5 Å². The number of nitrogens with one attached hydrogen (secondary N) is 2. The molecule has 1 amide bonds. The first kappa shape index (κ1) is 19.1. The highest BCUT2D eigenvalue weighted by molar-refractivity contribution is 6.31. The van der Waals surface area contributed by atoms with Gasteiger partial charge in [0.2, 0.25) is 5.91 Å². The predicted octanol–water partition coefficient (Wildman–Crippen LogP) is 4.36. The van der Waals surface area contributed by atoms with Gasteiger partial charge in [0.1, 0.15) is 12.7 Å². The highest BCUT2D eigenvalue weighted by Crippen LogP contribution is 2.24. The number of carbonyl (C=O) groups excluding carboxylic acids is 1. The number of rotatable bonds is 6. The summed E-state index contributed by atoms with van der Waals surface area (Å²) in [5, 5.41) is 13.2. The number of amides is 1. The summed E-state index contributed by atoms with van der Waals surface area (Å²) in [6.45, 7) is 2.20. The number of anilines is 1. The number of nitrogens with zero attached hydrogens (tertiary/aromatic N) is 3. The zero-order valence-corrected chi connectivity index (χ0v) is 16.6. The maximum Gasteiger partial charge on any atom is 0.238 e. The lowest BCUT2D eigenvalue weighted by atomic mass is 10.0. The number of halogens is 1. The molecule has 0 saturated carbocycles. The molecule has 0 radical (unpaired) electrons. The van der Waals surface area contributed by atoms with Crippen molar-refractivity contribution in [2.45, 2.75) is 13.0 Å². The van der Waals surface area contributed by atoms with Gasteiger partial charge in [0.05, 0.1) is 17.9 Å². The number of aromatic nitrogens is 3. The molecule has 146 valence electrons. The van der Waals surface area contributed by atoms with Gasteiger partial charge in [-0.25, -0.2) is 9.67 Å². The van der Waals surface area contributed by atoms with E-state index < -0.39 is 0 Å². The van der Waals surface area contributed by atoms with E-state index in [1.54, 1.807) is 29.2 Å². The Balaban J connectivity index is 1.43. The molecule has 0 aliphatic rings. The molecule has 4 rings (SSSR count). The van der Waals surface area contributed by atoms with Crippen molar-refractivity contribution < 1.29 is 4.79 Å². The largest absolute Gasteiger partial charge is 0.323 e. The Hall–Kier alpha value is -3.22. The minimum atomic E-state index is -0.165. The van der Waals surface area contributed by atoms with E-state index >= 15 is 0 Å². The monoisotopic (exact) mass is 405 g/mol. The Labute approximate surface area is 173 Å². The van der Waals surface area contributed by atoms with Crippen LogP contribution >= 0.6 is 11.6 Å². The Morgan fingerprint density at radius 3 is 2.72 bits per heavy atom. The first-order valence-electron chi connectivity index (χ1n) is 9.26. The van der Waals surface area contributed by atoms with Crippen LogP contribution in [0.25, 0.3) is 16.5 Å². The molecular weight excluding hydrogens is 386 g/mol. The van der Waals surface area contributed by atoms with Crippen molar-refractivity contribution >= 4 is 34.0 Å². The van der Waals surface area contributed by atoms with Crippen molar-refractivity contribution in [3.63, 3.8) is 0 Å². The summed E-state index contributed by atoms with van der Waals surface area (Å²) in [7, 11) is 0. The Morgan fingerprint density at radius 2 is 1.93 bits per heavy atom. The number of fused-ring (bicyclic) bond motifs is 1. The van der Waals surface area contributed by atoms with Crippen LogP contribution in [0.1, 0.15) is 18.5 Å². The third kappa shape index (κ3) is 4.45. The number of carbonyl (C=O) groups is 1. The molecule has 29 heavy (non-hydrogen) atoms. The van der Waals surface area contributed by atoms with Gasteiger partial charge in [-0.3, -0.25) is 4.79 Å². The summed E-state index contributed by atoms with van der Waals surface area (Å²) in [6, 6.07) is 19.8. The predicted molar refractivity (Wildman–Crippen MR) is 115 cm³/mol. The smallest absolute Gasteiger partial charge is 0.238 e. The van der Waals surface area contributed by atoms with Gasteiger partial charge in [0.25, 0.3) is 0 Å². The molecule has 2 N–H and O–H groups in total. The molecule has 1 aromatic heterocycles. The fraction of sp³-hybridized carbons (Fsp3) is 0.136. The van der Waals surface area contributed by atoms with Crippen LogP contribution in [0.2, 0.25) is 5.02 Å². The van der Waals surface area contributed by atoms with Crippen molar-refractivity contribution in [3.8, 4) is 5.69 Å². The maximum atomic E-state index is 12.5. The molecule has 1 heterocycles. The minimum Gasteiger partial charge on any atom is -0.323 e. The lowest BCUT2D eigenvalue weighted by Crippen LogP contribution is -2.30. The van der Waals surface area contributed by atoms with Crippen molar-refractivity contribution in [2.24, 2.45) is 0 Å². The summed E-state index contributed by atoms with van der Waals surface area (Å²) in [4.78, 5) is 16.5. The second-order valence-corrected chi connectivity index (χ2v) is 7.20. The van der Waals surface area contributed by atoms with E-state index in [1.165, 1.54) is 17.1 Å². The van der Waals surface area contributed by atoms with E-state index in [2.05, 4.69) is 51.0 Å². The first-order chi connectivity index (χ1) is 14.1. The minimum absolute atomic E-state index is 0.0273. The van der Waals surface area contributed by atoms with E-state index in [-0.39, 0.29) is 18.5 Å². The van der Waals surface area contributed by atoms with E-state index in [1.807, 2.05) is 19.1 Å². The molecule has 0 spiro atoms. The number of benzene rings is 3. The SMILES string of the molecule is C[C@@H](NCC(=O)Nc1cc(Cl)ccc1-n1cncn1)c1ccc2ccccc2c1. The van der Waals surface area contributed by atoms with Crippen LogP contribution in [0.4, 0.5) is 5.69 Å². The Bertz CT molecular complexity index is 1140. The summed E-state index contributed by atoms with van der Waals surface area (Å²) in [5.41, 5.74) is 2.40. The van der Waals surface area contributed by atoms with Crippen LogP contribution in [0.5, 0.6) is 0 Å². The molecule has 3 aromatic carbocycles. The number of hydrogen-bond donors (Lipinski definition) is 2. The van der Waals surface area contributed by atoms with E-state index in [9.17, 15) is 4.79 Å². The van der Waals surface area contributed by atoms with Gasteiger partial charge in [0, 0.05) is 11.1 Å². The van der Waals surface area contributed by atoms with Crippen LogP contribution in [0.15, 0.2) is 73.3 Å². The van der Waals surface area contributed by atoms with Gasteiger partial charge in [0.15, 0.2) is 0 Å². The summed E-state index contributed by atoms with van der Waals surface area (Å²) in [5.74, 6) is -0.165. The maximum absolute atomic E-state index is 12.5. The lowest BCUT2D eigenvalue weighted by Gasteiger charge is -2.16. The van der Waals surface area contributed by atoms with E-state index in [0.717, 1.165) is 5.56 Å². The van der Waals surface area contributed by atoms with Crippen LogP contribution in [0, 0.1) is 0 Å². The fourth-order valence-electron chi connectivity index (χ4n) is 3.18. The number of hydrogen-bond acceptors (Lipinski definition) is 4. The van der Waals surface area contributed by atoms with Gasteiger partial charge < -0.3 is 10.6 Å². The third-order valence-electron chi connectivity index (χ3n) is 4.74. The quantitative estimate of drug-likeness (QED) is 0.500. The molecule has 0 fully saturated rings. The van der Waals surface area contributed by atoms with Gasteiger partial charge in [-0.2, -0.15) is 5.10 Å². The van der Waals surface area contributed by atoms with Gasteiger partial charge in [-0.1, -0.05) is 48.0 Å². The third-order valence-corrected chi connectivity index (χ3v) is 4.98. The van der Waals surface area contributed by atoms with Crippen LogP contribution in [-0.4, -0.2) is 27.2 Å². The zero-order valence-electron chi connectivity index (χ0n) is 15.8. The normalized spacial score (nSPS) is 12.1. The molecule has 1 atom stereocenters. The molecule has 7 heteroatoms. The van der Waals surface area contributed by atoms with Crippen molar-refractivity contribution in [1.29, 1.82) is 0 Å². The molecule has 6 nitrogen and oxygen atoms in total. The highest BCUT2D eigenvalue weighted by atomic mass is 35.5. The fourth-order valence-corrected chi connectivity index (χ4v) is 3.35. The molecule has 0 bridgehead atoms. The van der Waals surface area contributed by atoms with Crippen LogP contribution < -0.4 is 10.6 Å². The first-order valence-corrected chi connectivity index (χ1v) is 9.64. The zero-order chi connectivity index (χ0) is 20.2. The molecule has 0 unspecified atom stereocenters. The summed E-state index contributed by atoms with van der Waals surface area (Å²) < 4.78 is 1.58. The van der Waals surface area contributed by atoms with Crippen molar-refractivity contribution in [2.75, 3.05) is 11.9 Å². The molecule has 4 aromatic rings. The van der Waals surface area contributed by atoms with Crippen LogP contribution in [-0.2, 0) is 4.79 Å². The lowest BCUT2D eigenvalue weighted by molar-refractivity contribution is -0.115. The highest BCUT2D eigenvalue weighted by Gasteiger charge is 2.12. The van der Waals surface area contributed by atoms with E-state index in [4.69, 9.17) is 11.6 Å². The van der Waals surface area contributed by atoms with Crippen molar-refractivity contribution in [1.82, 2.24) is 20.1 Å². The molecule has 0 aliphatic carbocycles. The summed E-state index contributed by atoms with van der Waals surface area (Å²) >= 11 is 6.10. The van der Waals surface area contributed by atoms with Crippen molar-refractivity contribution in [3.05, 3.63) is 83.9 Å². The Kier molecular flexibility index (Phi) is 5.55. The van der Waals surface area contributed by atoms with Gasteiger partial charge in [-0.15, -0.1) is 0 Å². The average Bonchev–Trinajstić information content (AvgIpc) is 3.26. The standard InChI is InChI=1S/C22H20ClN5O/c1-15(17-7-6-16-4-2-3-5-18(16)10-17)25-12-22(29)27-20-11-19(23)8-9-21(20)28-14-24-13-26-28/h2-11,13-15,25H,12H2,1H3,(H,27,29)/t15-/m1/s1. The van der Waals surface area contributed by atoms with Gasteiger partial charge >= 0.3 is 0 Å². The second kappa shape index (κ2) is 8.43. The Morgan fingerprint density at radius 1 is 1.10 bits per heavy atom.